The Morgan fingerprint density at radius 1 is 1.21 bits per heavy atom. The third-order valence-electron chi connectivity index (χ3n) is 4.56. The molecule has 0 aromatic heterocycles. The van der Waals surface area contributed by atoms with Gasteiger partial charge >= 0.3 is 0 Å². The highest BCUT2D eigenvalue weighted by Crippen LogP contribution is 2.36. The van der Waals surface area contributed by atoms with E-state index in [1.54, 1.807) is 0 Å². The summed E-state index contributed by atoms with van der Waals surface area (Å²) in [5.41, 5.74) is 1.27. The quantitative estimate of drug-likeness (QED) is 0.878. The monoisotopic (exact) mass is 262 g/mol. The van der Waals surface area contributed by atoms with E-state index in [4.69, 9.17) is 4.74 Å². The molecule has 0 bridgehead atoms. The molecule has 3 atom stereocenters. The van der Waals surface area contributed by atoms with E-state index in [-0.39, 0.29) is 12.0 Å². The number of aliphatic hydroxyl groups is 1. The molecule has 0 aliphatic carbocycles. The third-order valence-corrected chi connectivity index (χ3v) is 4.56. The van der Waals surface area contributed by atoms with Crippen molar-refractivity contribution >= 4 is 0 Å². The molecule has 2 nitrogen and oxygen atoms in total. The third kappa shape index (κ3) is 3.58. The maximum atomic E-state index is 10.8. The summed E-state index contributed by atoms with van der Waals surface area (Å²) >= 11 is 0. The molecule has 1 aromatic carbocycles. The minimum absolute atomic E-state index is 0.245. The molecule has 19 heavy (non-hydrogen) atoms. The van der Waals surface area contributed by atoms with Gasteiger partial charge in [-0.1, -0.05) is 50.6 Å². The topological polar surface area (TPSA) is 29.5 Å². The lowest BCUT2D eigenvalue weighted by molar-refractivity contribution is -0.0111. The molecule has 1 N–H and O–H groups in total. The van der Waals surface area contributed by atoms with Crippen LogP contribution in [0.4, 0.5) is 0 Å². The highest BCUT2D eigenvalue weighted by Gasteiger charge is 2.32. The molecule has 1 aliphatic heterocycles. The van der Waals surface area contributed by atoms with Crippen molar-refractivity contribution in [3.05, 3.63) is 35.9 Å². The van der Waals surface area contributed by atoms with Crippen LogP contribution in [-0.4, -0.2) is 24.4 Å². The molecular weight excluding hydrogens is 236 g/mol. The number of hydrogen-bond acceptors (Lipinski definition) is 2. The van der Waals surface area contributed by atoms with Crippen LogP contribution in [0.5, 0.6) is 0 Å². The van der Waals surface area contributed by atoms with Crippen molar-refractivity contribution in [2.24, 2.45) is 11.8 Å². The first-order valence-corrected chi connectivity index (χ1v) is 7.54. The fraction of sp³-hybridized carbons (Fsp3) is 0.647. The molecular formula is C17H26O2. The van der Waals surface area contributed by atoms with Crippen LogP contribution in [0.1, 0.15) is 44.6 Å². The lowest BCUT2D eigenvalue weighted by Crippen LogP contribution is -2.35. The van der Waals surface area contributed by atoms with Gasteiger partial charge in [0.05, 0.1) is 6.10 Å². The van der Waals surface area contributed by atoms with Crippen LogP contribution >= 0.6 is 0 Å². The number of benzene rings is 1. The van der Waals surface area contributed by atoms with E-state index in [1.807, 2.05) is 6.07 Å². The maximum absolute atomic E-state index is 10.8. The normalized spacial score (nSPS) is 21.8. The van der Waals surface area contributed by atoms with Gasteiger partial charge in [-0.2, -0.15) is 0 Å². The first kappa shape index (κ1) is 14.5. The molecule has 1 saturated heterocycles. The van der Waals surface area contributed by atoms with Crippen LogP contribution in [0.2, 0.25) is 0 Å². The molecule has 1 heterocycles. The van der Waals surface area contributed by atoms with Gasteiger partial charge in [-0.05, 0) is 30.2 Å². The molecule has 1 aliphatic rings. The minimum Gasteiger partial charge on any atom is -0.392 e. The van der Waals surface area contributed by atoms with Gasteiger partial charge in [-0.15, -0.1) is 0 Å². The summed E-state index contributed by atoms with van der Waals surface area (Å²) in [5.74, 6) is 1.13. The van der Waals surface area contributed by atoms with E-state index in [2.05, 4.69) is 38.1 Å². The molecule has 3 unspecified atom stereocenters. The second-order valence-corrected chi connectivity index (χ2v) is 5.76. The summed E-state index contributed by atoms with van der Waals surface area (Å²) in [4.78, 5) is 0. The predicted octanol–water partition coefficient (Wildman–Crippen LogP) is 3.60. The second-order valence-electron chi connectivity index (χ2n) is 5.76. The zero-order chi connectivity index (χ0) is 13.7. The van der Waals surface area contributed by atoms with E-state index in [9.17, 15) is 5.11 Å². The minimum atomic E-state index is -0.249. The Hall–Kier alpha value is -0.860. The molecule has 0 spiro atoms. The van der Waals surface area contributed by atoms with E-state index < -0.39 is 0 Å². The van der Waals surface area contributed by atoms with E-state index >= 15 is 0 Å². The molecule has 0 radical (unpaired) electrons. The van der Waals surface area contributed by atoms with Crippen molar-refractivity contribution in [1.82, 2.24) is 0 Å². The van der Waals surface area contributed by atoms with Crippen LogP contribution in [0.15, 0.2) is 30.3 Å². The van der Waals surface area contributed by atoms with Crippen LogP contribution in [-0.2, 0) is 4.74 Å². The zero-order valence-corrected chi connectivity index (χ0v) is 12.1. The van der Waals surface area contributed by atoms with Gasteiger partial charge in [0.25, 0.3) is 0 Å². The Labute approximate surface area is 116 Å². The molecule has 0 amide bonds. The number of aliphatic hydroxyl groups excluding tert-OH is 1. The molecule has 1 aromatic rings. The first-order valence-electron chi connectivity index (χ1n) is 7.54. The fourth-order valence-corrected chi connectivity index (χ4v) is 3.14. The maximum Gasteiger partial charge on any atom is 0.0641 e. The van der Waals surface area contributed by atoms with Crippen LogP contribution in [0.25, 0.3) is 0 Å². The summed E-state index contributed by atoms with van der Waals surface area (Å²) in [6.07, 6.45) is 2.82. The highest BCUT2D eigenvalue weighted by molar-refractivity contribution is 5.22. The largest absolute Gasteiger partial charge is 0.392 e. The lowest BCUT2D eigenvalue weighted by Gasteiger charge is -2.35. The Kier molecular flexibility index (Phi) is 5.41. The fourth-order valence-electron chi connectivity index (χ4n) is 3.14. The highest BCUT2D eigenvalue weighted by atomic mass is 16.5. The molecule has 0 saturated carbocycles. The van der Waals surface area contributed by atoms with Crippen molar-refractivity contribution in [2.45, 2.75) is 45.1 Å². The Balaban J connectivity index is 2.17. The SMILES string of the molecule is CCC(C)C(c1ccccc1)C(O)C1CCOCC1. The van der Waals surface area contributed by atoms with Crippen LogP contribution in [0, 0.1) is 11.8 Å². The standard InChI is InChI=1S/C17H26O2/c1-3-13(2)16(14-7-5-4-6-8-14)17(18)15-9-11-19-12-10-15/h4-8,13,15-18H,3,9-12H2,1-2H3. The van der Waals surface area contributed by atoms with Crippen molar-refractivity contribution in [2.75, 3.05) is 13.2 Å². The van der Waals surface area contributed by atoms with Crippen molar-refractivity contribution in [1.29, 1.82) is 0 Å². The van der Waals surface area contributed by atoms with Gasteiger partial charge in [0.2, 0.25) is 0 Å². The summed E-state index contributed by atoms with van der Waals surface area (Å²) in [7, 11) is 0. The van der Waals surface area contributed by atoms with Gasteiger partial charge < -0.3 is 9.84 Å². The molecule has 2 heteroatoms. The van der Waals surface area contributed by atoms with Crippen LogP contribution in [0.3, 0.4) is 0 Å². The average Bonchev–Trinajstić information content (AvgIpc) is 2.49. The van der Waals surface area contributed by atoms with Crippen molar-refractivity contribution in [3.63, 3.8) is 0 Å². The zero-order valence-electron chi connectivity index (χ0n) is 12.1. The van der Waals surface area contributed by atoms with Crippen molar-refractivity contribution < 1.29 is 9.84 Å². The summed E-state index contributed by atoms with van der Waals surface area (Å²) in [6.45, 7) is 6.05. The Morgan fingerprint density at radius 2 is 1.84 bits per heavy atom. The second kappa shape index (κ2) is 7.06. The number of rotatable bonds is 5. The van der Waals surface area contributed by atoms with Gasteiger partial charge in [0.1, 0.15) is 0 Å². The van der Waals surface area contributed by atoms with Crippen LogP contribution < -0.4 is 0 Å². The van der Waals surface area contributed by atoms with Gasteiger partial charge in [-0.3, -0.25) is 0 Å². The smallest absolute Gasteiger partial charge is 0.0641 e. The molecule has 1 fully saturated rings. The van der Waals surface area contributed by atoms with Gasteiger partial charge in [-0.25, -0.2) is 0 Å². The lowest BCUT2D eigenvalue weighted by atomic mass is 9.75. The summed E-state index contributed by atoms with van der Waals surface area (Å²) < 4.78 is 5.41. The van der Waals surface area contributed by atoms with Gasteiger partial charge in [0.15, 0.2) is 0 Å². The van der Waals surface area contributed by atoms with Gasteiger partial charge in [0, 0.05) is 19.1 Å². The molecule has 106 valence electrons. The first-order chi connectivity index (χ1) is 9.24. The summed E-state index contributed by atoms with van der Waals surface area (Å²) in [5, 5.41) is 10.8. The number of ether oxygens (including phenoxy) is 1. The van der Waals surface area contributed by atoms with E-state index in [0.29, 0.717) is 11.8 Å². The Bertz CT molecular complexity index is 357. The Morgan fingerprint density at radius 3 is 2.42 bits per heavy atom. The predicted molar refractivity (Wildman–Crippen MR) is 78.2 cm³/mol. The van der Waals surface area contributed by atoms with Crippen molar-refractivity contribution in [3.8, 4) is 0 Å². The molecule has 2 rings (SSSR count). The summed E-state index contributed by atoms with van der Waals surface area (Å²) in [6, 6.07) is 10.5. The number of hydrogen-bond donors (Lipinski definition) is 1. The van der Waals surface area contributed by atoms with E-state index in [1.165, 1.54) is 5.56 Å². The van der Waals surface area contributed by atoms with E-state index in [0.717, 1.165) is 32.5 Å². The average molecular weight is 262 g/mol.